The first-order chi connectivity index (χ1) is 9.83. The van der Waals surface area contributed by atoms with E-state index >= 15 is 0 Å². The monoisotopic (exact) mass is 352 g/mol. The van der Waals surface area contributed by atoms with E-state index in [4.69, 9.17) is 4.74 Å². The number of carbonyl (C=O) groups is 1. The number of hydrogen-bond donors (Lipinski definition) is 0. The molecule has 5 heteroatoms. The summed E-state index contributed by atoms with van der Waals surface area (Å²) in [6.07, 6.45) is 0.862. The van der Waals surface area contributed by atoms with Crippen molar-refractivity contribution in [2.24, 2.45) is 0 Å². The molecule has 2 aliphatic rings. The van der Waals surface area contributed by atoms with Crippen molar-refractivity contribution in [3.63, 3.8) is 0 Å². The van der Waals surface area contributed by atoms with E-state index in [0.717, 1.165) is 24.0 Å². The summed E-state index contributed by atoms with van der Waals surface area (Å²) in [5.74, 6) is 0. The highest BCUT2D eigenvalue weighted by atomic mass is 79.9. The molecule has 0 aliphatic carbocycles. The summed E-state index contributed by atoms with van der Waals surface area (Å²) in [6.45, 7) is 7.38. The number of hydrogen-bond acceptors (Lipinski definition) is 3. The largest absolute Gasteiger partial charge is 0.444 e. The van der Waals surface area contributed by atoms with Crippen molar-refractivity contribution in [2.75, 3.05) is 18.0 Å². The Balaban J connectivity index is 1.66. The number of piperazine rings is 1. The molecule has 1 aromatic carbocycles. The van der Waals surface area contributed by atoms with E-state index in [0.29, 0.717) is 6.04 Å². The second-order valence-corrected chi connectivity index (χ2v) is 7.72. The van der Waals surface area contributed by atoms with Crippen LogP contribution in [0.15, 0.2) is 28.7 Å². The maximum Gasteiger partial charge on any atom is 0.410 e. The third kappa shape index (κ3) is 3.03. The van der Waals surface area contributed by atoms with E-state index < -0.39 is 5.60 Å². The van der Waals surface area contributed by atoms with Crippen LogP contribution in [0.1, 0.15) is 27.2 Å². The molecule has 0 radical (unpaired) electrons. The highest BCUT2D eigenvalue weighted by molar-refractivity contribution is 9.10. The third-order valence-corrected chi connectivity index (χ3v) is 4.56. The van der Waals surface area contributed by atoms with Crippen LogP contribution < -0.4 is 4.90 Å². The first-order valence-corrected chi connectivity index (χ1v) is 8.14. The van der Waals surface area contributed by atoms with Gasteiger partial charge in [-0.15, -0.1) is 0 Å². The Morgan fingerprint density at radius 1 is 1.19 bits per heavy atom. The third-order valence-electron chi connectivity index (χ3n) is 4.03. The van der Waals surface area contributed by atoms with Gasteiger partial charge in [0, 0.05) is 29.3 Å². The lowest BCUT2D eigenvalue weighted by atomic mass is 10.2. The van der Waals surface area contributed by atoms with Gasteiger partial charge in [-0.2, -0.15) is 0 Å². The molecule has 0 N–H and O–H groups in total. The summed E-state index contributed by atoms with van der Waals surface area (Å²) < 4.78 is 6.58. The SMILES string of the molecule is CC(C)(C)OC(=O)N1CC2CC1CN2c1ccc(Br)cc1. The van der Waals surface area contributed by atoms with Gasteiger partial charge in [0.2, 0.25) is 0 Å². The fourth-order valence-electron chi connectivity index (χ4n) is 3.16. The van der Waals surface area contributed by atoms with E-state index in [1.807, 2.05) is 25.7 Å². The molecule has 21 heavy (non-hydrogen) atoms. The minimum Gasteiger partial charge on any atom is -0.444 e. The van der Waals surface area contributed by atoms with Gasteiger partial charge < -0.3 is 14.5 Å². The van der Waals surface area contributed by atoms with Gasteiger partial charge in [0.1, 0.15) is 5.60 Å². The molecule has 1 amide bonds. The molecule has 114 valence electrons. The first kappa shape index (κ1) is 14.7. The average Bonchev–Trinajstić information content (AvgIpc) is 2.97. The molecule has 2 bridgehead atoms. The average molecular weight is 353 g/mol. The van der Waals surface area contributed by atoms with Gasteiger partial charge in [-0.25, -0.2) is 4.79 Å². The van der Waals surface area contributed by atoms with E-state index in [1.165, 1.54) is 5.69 Å². The molecule has 2 aliphatic heterocycles. The standard InChI is InChI=1S/C16H21BrN2O2/c1-16(2,3)21-15(20)19-10-13-8-14(19)9-18(13)12-6-4-11(17)5-7-12/h4-7,13-14H,8-10H2,1-3H3. The Kier molecular flexibility index (Phi) is 3.64. The summed E-state index contributed by atoms with van der Waals surface area (Å²) in [5, 5.41) is 0. The molecule has 2 saturated heterocycles. The van der Waals surface area contributed by atoms with Crippen LogP contribution in [0.4, 0.5) is 10.5 Å². The Bertz CT molecular complexity index is 538. The molecule has 2 heterocycles. The van der Waals surface area contributed by atoms with Gasteiger partial charge in [0.05, 0.1) is 6.04 Å². The predicted octanol–water partition coefficient (Wildman–Crippen LogP) is 3.65. The molecular formula is C16H21BrN2O2. The number of anilines is 1. The summed E-state index contributed by atoms with van der Waals surface area (Å²) in [5.41, 5.74) is 0.805. The molecule has 1 aromatic rings. The Labute approximate surface area is 134 Å². The van der Waals surface area contributed by atoms with E-state index in [2.05, 4.69) is 45.1 Å². The molecule has 0 saturated carbocycles. The van der Waals surface area contributed by atoms with Crippen molar-refractivity contribution >= 4 is 27.7 Å². The minimum absolute atomic E-state index is 0.176. The topological polar surface area (TPSA) is 32.8 Å². The van der Waals surface area contributed by atoms with E-state index in [-0.39, 0.29) is 12.1 Å². The van der Waals surface area contributed by atoms with Crippen molar-refractivity contribution in [3.8, 4) is 0 Å². The van der Waals surface area contributed by atoms with Crippen LogP contribution in [-0.4, -0.2) is 41.8 Å². The van der Waals surface area contributed by atoms with Crippen molar-refractivity contribution in [1.82, 2.24) is 4.90 Å². The van der Waals surface area contributed by atoms with Crippen LogP contribution in [0.25, 0.3) is 0 Å². The zero-order chi connectivity index (χ0) is 15.2. The Morgan fingerprint density at radius 2 is 1.86 bits per heavy atom. The highest BCUT2D eigenvalue weighted by Crippen LogP contribution is 2.35. The second kappa shape index (κ2) is 5.20. The van der Waals surface area contributed by atoms with Gasteiger partial charge in [0.25, 0.3) is 0 Å². The van der Waals surface area contributed by atoms with Crippen molar-refractivity contribution in [2.45, 2.75) is 44.9 Å². The fraction of sp³-hybridized carbons (Fsp3) is 0.562. The predicted molar refractivity (Wildman–Crippen MR) is 86.6 cm³/mol. The lowest BCUT2D eigenvalue weighted by Crippen LogP contribution is -2.50. The zero-order valence-corrected chi connectivity index (χ0v) is 14.3. The molecular weight excluding hydrogens is 332 g/mol. The fourth-order valence-corrected chi connectivity index (χ4v) is 3.42. The number of ether oxygens (including phenoxy) is 1. The maximum absolute atomic E-state index is 12.2. The maximum atomic E-state index is 12.2. The number of rotatable bonds is 1. The lowest BCUT2D eigenvalue weighted by molar-refractivity contribution is 0.0215. The van der Waals surface area contributed by atoms with E-state index in [9.17, 15) is 4.79 Å². The van der Waals surface area contributed by atoms with Crippen LogP contribution in [0.2, 0.25) is 0 Å². The van der Waals surface area contributed by atoms with Crippen LogP contribution in [0, 0.1) is 0 Å². The zero-order valence-electron chi connectivity index (χ0n) is 12.7. The van der Waals surface area contributed by atoms with Crippen LogP contribution in [0.3, 0.4) is 0 Å². The first-order valence-electron chi connectivity index (χ1n) is 7.35. The van der Waals surface area contributed by atoms with Gasteiger partial charge in [0.15, 0.2) is 0 Å². The molecule has 4 nitrogen and oxygen atoms in total. The molecule has 2 atom stereocenters. The van der Waals surface area contributed by atoms with Crippen LogP contribution in [-0.2, 0) is 4.74 Å². The number of carbonyl (C=O) groups excluding carboxylic acids is 1. The summed E-state index contributed by atoms with van der Waals surface area (Å²) in [7, 11) is 0. The number of benzene rings is 1. The molecule has 3 rings (SSSR count). The van der Waals surface area contributed by atoms with Crippen molar-refractivity contribution in [1.29, 1.82) is 0 Å². The van der Waals surface area contributed by atoms with Crippen molar-refractivity contribution in [3.05, 3.63) is 28.7 Å². The number of nitrogens with zero attached hydrogens (tertiary/aromatic N) is 2. The Morgan fingerprint density at radius 3 is 2.38 bits per heavy atom. The lowest BCUT2D eigenvalue weighted by Gasteiger charge is -2.36. The van der Waals surface area contributed by atoms with Gasteiger partial charge in [-0.05, 0) is 51.5 Å². The summed E-state index contributed by atoms with van der Waals surface area (Å²) >= 11 is 3.46. The number of fused-ring (bicyclic) bond motifs is 2. The van der Waals surface area contributed by atoms with Gasteiger partial charge in [-0.3, -0.25) is 0 Å². The smallest absolute Gasteiger partial charge is 0.410 e. The number of likely N-dealkylation sites (tertiary alicyclic amines) is 1. The summed E-state index contributed by atoms with van der Waals surface area (Å²) in [6, 6.07) is 9.06. The molecule has 0 spiro atoms. The Hall–Kier alpha value is -1.23. The summed E-state index contributed by atoms with van der Waals surface area (Å²) in [4.78, 5) is 16.5. The van der Waals surface area contributed by atoms with Crippen LogP contribution in [0.5, 0.6) is 0 Å². The molecule has 0 aromatic heterocycles. The normalized spacial score (nSPS) is 24.6. The van der Waals surface area contributed by atoms with Gasteiger partial charge in [-0.1, -0.05) is 15.9 Å². The quantitative estimate of drug-likeness (QED) is 0.773. The number of halogens is 1. The number of amides is 1. The van der Waals surface area contributed by atoms with E-state index in [1.54, 1.807) is 0 Å². The highest BCUT2D eigenvalue weighted by Gasteiger charge is 2.46. The molecule has 2 unspecified atom stereocenters. The minimum atomic E-state index is -0.426. The molecule has 2 fully saturated rings. The second-order valence-electron chi connectivity index (χ2n) is 6.80. The van der Waals surface area contributed by atoms with Crippen LogP contribution >= 0.6 is 15.9 Å². The van der Waals surface area contributed by atoms with Gasteiger partial charge >= 0.3 is 6.09 Å². The van der Waals surface area contributed by atoms with Crippen molar-refractivity contribution < 1.29 is 9.53 Å².